The third kappa shape index (κ3) is 6.47. The SMILES string of the molecule is COCCNC(=O)c1ccc(C(=O)NS(=O)(=O)c2ccc(NC(=O)c3ccccc3)cc2)cn1. The van der Waals surface area contributed by atoms with Gasteiger partial charge in [0.25, 0.3) is 27.7 Å². The first kappa shape index (κ1) is 24.6. The van der Waals surface area contributed by atoms with Crippen LogP contribution in [0.15, 0.2) is 77.8 Å². The number of methoxy groups -OCH3 is 1. The molecule has 0 aliphatic heterocycles. The molecule has 0 spiro atoms. The molecule has 3 N–H and O–H groups in total. The van der Waals surface area contributed by atoms with E-state index in [0.29, 0.717) is 24.4 Å². The molecule has 0 aliphatic rings. The Hall–Kier alpha value is -4.09. The molecule has 0 bridgehead atoms. The highest BCUT2D eigenvalue weighted by Gasteiger charge is 2.20. The first-order valence-corrected chi connectivity index (χ1v) is 11.6. The van der Waals surface area contributed by atoms with Crippen molar-refractivity contribution in [3.63, 3.8) is 0 Å². The summed E-state index contributed by atoms with van der Waals surface area (Å²) in [6.45, 7) is 0.636. The van der Waals surface area contributed by atoms with Gasteiger partial charge in [0.05, 0.1) is 17.1 Å². The molecule has 10 nitrogen and oxygen atoms in total. The number of amides is 3. The fourth-order valence-electron chi connectivity index (χ4n) is 2.77. The van der Waals surface area contributed by atoms with E-state index in [1.165, 1.54) is 43.5 Å². The molecule has 0 unspecified atom stereocenters. The quantitative estimate of drug-likeness (QED) is 0.395. The highest BCUT2D eigenvalue weighted by molar-refractivity contribution is 7.90. The van der Waals surface area contributed by atoms with E-state index in [2.05, 4.69) is 15.6 Å². The van der Waals surface area contributed by atoms with Crippen molar-refractivity contribution in [1.82, 2.24) is 15.0 Å². The number of anilines is 1. The standard InChI is InChI=1S/C23H22N4O6S/c1-33-14-13-24-23(30)20-12-7-17(15-25-20)22(29)27-34(31,32)19-10-8-18(9-11-19)26-21(28)16-5-3-2-4-6-16/h2-12,15H,13-14H2,1H3,(H,24,30)(H,26,28)(H,27,29). The lowest BCUT2D eigenvalue weighted by atomic mass is 10.2. The van der Waals surface area contributed by atoms with Gasteiger partial charge in [-0.3, -0.25) is 19.4 Å². The van der Waals surface area contributed by atoms with Crippen LogP contribution in [-0.4, -0.2) is 51.4 Å². The summed E-state index contributed by atoms with van der Waals surface area (Å²) in [5, 5.41) is 5.25. The van der Waals surface area contributed by atoms with Gasteiger partial charge in [-0.1, -0.05) is 18.2 Å². The van der Waals surface area contributed by atoms with E-state index >= 15 is 0 Å². The van der Waals surface area contributed by atoms with Crippen molar-refractivity contribution in [2.75, 3.05) is 25.6 Å². The number of ether oxygens (including phenoxy) is 1. The Bertz CT molecular complexity index is 1260. The number of rotatable bonds is 9. The molecule has 3 aromatic rings. The fraction of sp³-hybridized carbons (Fsp3) is 0.130. The van der Waals surface area contributed by atoms with Crippen molar-refractivity contribution in [1.29, 1.82) is 0 Å². The summed E-state index contributed by atoms with van der Waals surface area (Å²) in [4.78, 5) is 40.3. The Labute approximate surface area is 196 Å². The first-order valence-electron chi connectivity index (χ1n) is 10.1. The van der Waals surface area contributed by atoms with Gasteiger partial charge in [-0.25, -0.2) is 13.1 Å². The van der Waals surface area contributed by atoms with Crippen LogP contribution in [0.25, 0.3) is 0 Å². The summed E-state index contributed by atoms with van der Waals surface area (Å²) in [5.74, 6) is -1.69. The second-order valence-electron chi connectivity index (χ2n) is 6.96. The summed E-state index contributed by atoms with van der Waals surface area (Å²) < 4.78 is 31.9. The molecule has 0 atom stereocenters. The minimum absolute atomic E-state index is 0.0382. The number of aromatic nitrogens is 1. The summed E-state index contributed by atoms with van der Waals surface area (Å²) in [7, 11) is -2.68. The average molecular weight is 483 g/mol. The van der Waals surface area contributed by atoms with Crippen LogP contribution in [0.1, 0.15) is 31.2 Å². The minimum Gasteiger partial charge on any atom is -0.383 e. The molecule has 3 rings (SSSR count). The van der Waals surface area contributed by atoms with E-state index in [4.69, 9.17) is 4.74 Å². The molecule has 3 amide bonds. The number of benzene rings is 2. The maximum absolute atomic E-state index is 12.6. The number of carbonyl (C=O) groups is 3. The zero-order valence-corrected chi connectivity index (χ0v) is 19.0. The third-order valence-corrected chi connectivity index (χ3v) is 5.88. The van der Waals surface area contributed by atoms with Crippen LogP contribution in [-0.2, 0) is 14.8 Å². The van der Waals surface area contributed by atoms with Crippen molar-refractivity contribution in [3.05, 3.63) is 89.7 Å². The van der Waals surface area contributed by atoms with Crippen LogP contribution in [0.3, 0.4) is 0 Å². The Morgan fingerprint density at radius 1 is 0.853 bits per heavy atom. The second kappa shape index (κ2) is 11.2. The fourth-order valence-corrected chi connectivity index (χ4v) is 3.74. The predicted molar refractivity (Wildman–Crippen MR) is 124 cm³/mol. The van der Waals surface area contributed by atoms with Gasteiger partial charge in [0.15, 0.2) is 0 Å². The number of nitrogens with zero attached hydrogens (tertiary/aromatic N) is 1. The van der Waals surface area contributed by atoms with E-state index in [1.807, 2.05) is 4.72 Å². The number of pyridine rings is 1. The largest absolute Gasteiger partial charge is 0.383 e. The molecular formula is C23H22N4O6S. The normalized spacial score (nSPS) is 10.9. The molecule has 1 aromatic heterocycles. The van der Waals surface area contributed by atoms with Gasteiger partial charge in [0.1, 0.15) is 5.69 Å². The van der Waals surface area contributed by atoms with Crippen LogP contribution in [0.5, 0.6) is 0 Å². The average Bonchev–Trinajstić information content (AvgIpc) is 2.85. The Morgan fingerprint density at radius 2 is 1.56 bits per heavy atom. The van der Waals surface area contributed by atoms with Crippen LogP contribution in [0.4, 0.5) is 5.69 Å². The van der Waals surface area contributed by atoms with Crippen LogP contribution >= 0.6 is 0 Å². The van der Waals surface area contributed by atoms with Crippen LogP contribution in [0.2, 0.25) is 0 Å². The monoisotopic (exact) mass is 482 g/mol. The maximum atomic E-state index is 12.6. The zero-order valence-electron chi connectivity index (χ0n) is 18.1. The van der Waals surface area contributed by atoms with Crippen molar-refractivity contribution < 1.29 is 27.5 Å². The van der Waals surface area contributed by atoms with Gasteiger partial charge in [0.2, 0.25) is 0 Å². The molecular weight excluding hydrogens is 460 g/mol. The van der Waals surface area contributed by atoms with Gasteiger partial charge in [-0.15, -0.1) is 0 Å². The molecule has 0 fully saturated rings. The number of carbonyl (C=O) groups excluding carboxylic acids is 3. The predicted octanol–water partition coefficient (Wildman–Crippen LogP) is 1.83. The number of sulfonamides is 1. The number of hydrogen-bond donors (Lipinski definition) is 3. The van der Waals surface area contributed by atoms with E-state index in [1.54, 1.807) is 30.3 Å². The molecule has 0 saturated heterocycles. The van der Waals surface area contributed by atoms with Crippen molar-refractivity contribution >= 4 is 33.4 Å². The molecule has 0 aliphatic carbocycles. The van der Waals surface area contributed by atoms with Gasteiger partial charge in [-0.2, -0.15) is 0 Å². The highest BCUT2D eigenvalue weighted by atomic mass is 32.2. The highest BCUT2D eigenvalue weighted by Crippen LogP contribution is 2.15. The third-order valence-electron chi connectivity index (χ3n) is 4.54. The zero-order chi connectivity index (χ0) is 24.6. The molecule has 176 valence electrons. The topological polar surface area (TPSA) is 144 Å². The van der Waals surface area contributed by atoms with E-state index in [-0.39, 0.29) is 22.1 Å². The Kier molecular flexibility index (Phi) is 8.06. The van der Waals surface area contributed by atoms with E-state index < -0.39 is 21.8 Å². The molecule has 0 saturated carbocycles. The number of hydrogen-bond acceptors (Lipinski definition) is 7. The Morgan fingerprint density at radius 3 is 2.18 bits per heavy atom. The summed E-state index contributed by atoms with van der Waals surface area (Å²) in [6, 6.07) is 16.5. The summed E-state index contributed by atoms with van der Waals surface area (Å²) in [6.07, 6.45) is 1.11. The minimum atomic E-state index is -4.18. The van der Waals surface area contributed by atoms with Gasteiger partial charge in [-0.05, 0) is 48.5 Å². The summed E-state index contributed by atoms with van der Waals surface area (Å²) >= 11 is 0. The molecule has 0 radical (unpaired) electrons. The number of nitrogens with one attached hydrogen (secondary N) is 3. The van der Waals surface area contributed by atoms with Crippen LogP contribution < -0.4 is 15.4 Å². The van der Waals surface area contributed by atoms with Crippen molar-refractivity contribution in [2.24, 2.45) is 0 Å². The second-order valence-corrected chi connectivity index (χ2v) is 8.64. The smallest absolute Gasteiger partial charge is 0.269 e. The van der Waals surface area contributed by atoms with Gasteiger partial charge < -0.3 is 15.4 Å². The molecule has 34 heavy (non-hydrogen) atoms. The van der Waals surface area contributed by atoms with Crippen LogP contribution in [0, 0.1) is 0 Å². The molecule has 2 aromatic carbocycles. The molecule has 11 heteroatoms. The maximum Gasteiger partial charge on any atom is 0.269 e. The summed E-state index contributed by atoms with van der Waals surface area (Å²) in [5.41, 5.74) is 0.883. The van der Waals surface area contributed by atoms with Gasteiger partial charge >= 0.3 is 0 Å². The lowest BCUT2D eigenvalue weighted by Crippen LogP contribution is -2.31. The molecule has 1 heterocycles. The first-order chi connectivity index (χ1) is 16.3. The van der Waals surface area contributed by atoms with E-state index in [0.717, 1.165) is 6.20 Å². The van der Waals surface area contributed by atoms with Crippen molar-refractivity contribution in [3.8, 4) is 0 Å². The van der Waals surface area contributed by atoms with Gasteiger partial charge in [0, 0.05) is 31.1 Å². The lowest BCUT2D eigenvalue weighted by molar-refractivity contribution is 0.0928. The van der Waals surface area contributed by atoms with E-state index in [9.17, 15) is 22.8 Å². The lowest BCUT2D eigenvalue weighted by Gasteiger charge is -2.09. The van der Waals surface area contributed by atoms with Crippen molar-refractivity contribution in [2.45, 2.75) is 4.90 Å². The Balaban J connectivity index is 1.62.